The van der Waals surface area contributed by atoms with Gasteiger partial charge in [0.1, 0.15) is 0 Å². The molecule has 0 unspecified atom stereocenters. The Bertz CT molecular complexity index is 387. The van der Waals surface area contributed by atoms with Gasteiger partial charge in [0.05, 0.1) is 0 Å². The third-order valence-corrected chi connectivity index (χ3v) is 2.18. The van der Waals surface area contributed by atoms with Crippen LogP contribution >= 0.6 is 0 Å². The van der Waals surface area contributed by atoms with E-state index in [4.69, 9.17) is 10.8 Å². The van der Waals surface area contributed by atoms with Crippen LogP contribution in [0.15, 0.2) is 60.7 Å². The first kappa shape index (κ1) is 17.2. The van der Waals surface area contributed by atoms with E-state index in [9.17, 15) is 0 Å². The quantitative estimate of drug-likeness (QED) is 0.803. The highest BCUT2D eigenvalue weighted by atomic mass is 16.2. The molecule has 0 aliphatic carbocycles. The number of anilines is 1. The first-order valence-corrected chi connectivity index (χ1v) is 6.69. The van der Waals surface area contributed by atoms with Crippen LogP contribution in [-0.2, 0) is 6.42 Å². The molecule has 2 rings (SSSR count). The molecule has 0 saturated heterocycles. The largest absolute Gasteiger partial charge is 0.399 e. The summed E-state index contributed by atoms with van der Waals surface area (Å²) in [7, 11) is 0. The Hall–Kier alpha value is -1.80. The first-order chi connectivity index (χ1) is 9.24. The number of rotatable bonds is 2. The maximum absolute atomic E-state index is 7.57. The molecule has 0 radical (unpaired) electrons. The second-order valence-electron chi connectivity index (χ2n) is 3.96. The summed E-state index contributed by atoms with van der Waals surface area (Å²) in [4.78, 5) is 0. The second kappa shape index (κ2) is 12.7. The minimum absolute atomic E-state index is 0.250. The van der Waals surface area contributed by atoms with Crippen LogP contribution in [0.2, 0.25) is 0 Å². The van der Waals surface area contributed by atoms with Crippen LogP contribution in [-0.4, -0.2) is 11.7 Å². The van der Waals surface area contributed by atoms with Gasteiger partial charge in [-0.15, -0.1) is 0 Å². The Morgan fingerprint density at radius 1 is 0.842 bits per heavy atom. The monoisotopic (exact) mass is 259 g/mol. The fourth-order valence-electron chi connectivity index (χ4n) is 1.39. The van der Waals surface area contributed by atoms with Crippen molar-refractivity contribution in [3.8, 4) is 0 Å². The van der Waals surface area contributed by atoms with E-state index in [1.165, 1.54) is 18.4 Å². The Morgan fingerprint density at radius 2 is 1.26 bits per heavy atom. The van der Waals surface area contributed by atoms with E-state index in [0.29, 0.717) is 0 Å². The third-order valence-electron chi connectivity index (χ3n) is 2.18. The number of aliphatic hydroxyl groups is 1. The molecular formula is C17H25NO. The van der Waals surface area contributed by atoms with E-state index in [1.54, 1.807) is 6.92 Å². The molecule has 2 aromatic carbocycles. The molecule has 0 atom stereocenters. The summed E-state index contributed by atoms with van der Waals surface area (Å²) >= 11 is 0. The van der Waals surface area contributed by atoms with Crippen molar-refractivity contribution in [2.24, 2.45) is 0 Å². The molecule has 0 amide bonds. The molecule has 19 heavy (non-hydrogen) atoms. The van der Waals surface area contributed by atoms with Gasteiger partial charge in [0, 0.05) is 12.3 Å². The molecule has 0 heterocycles. The van der Waals surface area contributed by atoms with Crippen molar-refractivity contribution in [3.05, 3.63) is 66.2 Å². The number of para-hydroxylation sites is 1. The van der Waals surface area contributed by atoms with E-state index >= 15 is 0 Å². The number of benzene rings is 2. The van der Waals surface area contributed by atoms with Gasteiger partial charge in [-0.1, -0.05) is 61.9 Å². The van der Waals surface area contributed by atoms with Crippen LogP contribution in [0.3, 0.4) is 0 Å². The van der Waals surface area contributed by atoms with Crippen molar-refractivity contribution < 1.29 is 5.11 Å². The van der Waals surface area contributed by atoms with E-state index in [1.807, 2.05) is 30.3 Å². The van der Waals surface area contributed by atoms with Gasteiger partial charge < -0.3 is 10.8 Å². The van der Waals surface area contributed by atoms with Crippen molar-refractivity contribution in [1.82, 2.24) is 0 Å². The van der Waals surface area contributed by atoms with Crippen LogP contribution in [0.5, 0.6) is 0 Å². The number of aliphatic hydroxyl groups excluding tert-OH is 1. The highest BCUT2D eigenvalue weighted by Gasteiger charge is 1.84. The Morgan fingerprint density at radius 3 is 1.58 bits per heavy atom. The number of nitrogen functional groups attached to an aromatic ring is 1. The van der Waals surface area contributed by atoms with Crippen molar-refractivity contribution in [2.45, 2.75) is 26.7 Å². The molecule has 104 valence electrons. The number of nitrogens with two attached hydrogens (primary N) is 1. The highest BCUT2D eigenvalue weighted by molar-refractivity contribution is 5.35. The minimum atomic E-state index is 0.250. The third kappa shape index (κ3) is 11.0. The smallest absolute Gasteiger partial charge is 0.0402 e. The average Bonchev–Trinajstić information content (AvgIpc) is 2.43. The molecule has 3 N–H and O–H groups in total. The zero-order chi connectivity index (χ0) is 14.3. The normalized spacial score (nSPS) is 8.58. The van der Waals surface area contributed by atoms with Gasteiger partial charge in [-0.2, -0.15) is 0 Å². The molecule has 0 saturated carbocycles. The molecule has 0 spiro atoms. The fraction of sp³-hybridized carbons (Fsp3) is 0.294. The van der Waals surface area contributed by atoms with Crippen LogP contribution in [0.25, 0.3) is 0 Å². The van der Waals surface area contributed by atoms with Crippen LogP contribution < -0.4 is 5.73 Å². The van der Waals surface area contributed by atoms with Crippen LogP contribution in [0, 0.1) is 0 Å². The minimum Gasteiger partial charge on any atom is -0.399 e. The Balaban J connectivity index is 0.000000289. The summed E-state index contributed by atoms with van der Waals surface area (Å²) in [5.41, 5.74) is 7.62. The lowest BCUT2D eigenvalue weighted by atomic mass is 10.1. The SMILES string of the molecule is CCCc1ccccc1.CCO.Nc1ccccc1. The van der Waals surface area contributed by atoms with Crippen molar-refractivity contribution >= 4 is 5.69 Å². The maximum Gasteiger partial charge on any atom is 0.0402 e. The fourth-order valence-corrected chi connectivity index (χ4v) is 1.39. The van der Waals surface area contributed by atoms with Crippen molar-refractivity contribution in [1.29, 1.82) is 0 Å². The number of aryl methyl sites for hydroxylation is 1. The van der Waals surface area contributed by atoms with Gasteiger partial charge in [-0.05, 0) is 31.0 Å². The zero-order valence-electron chi connectivity index (χ0n) is 11.9. The molecule has 2 aromatic rings. The van der Waals surface area contributed by atoms with E-state index in [-0.39, 0.29) is 6.61 Å². The Kier molecular flexibility index (Phi) is 11.5. The Labute approximate surface area is 116 Å². The predicted molar refractivity (Wildman–Crippen MR) is 84.1 cm³/mol. The number of hydrogen-bond donors (Lipinski definition) is 2. The molecule has 0 bridgehead atoms. The van der Waals surface area contributed by atoms with Gasteiger partial charge in [0.25, 0.3) is 0 Å². The lowest BCUT2D eigenvalue weighted by Gasteiger charge is -1.93. The molecule has 0 aliphatic heterocycles. The van der Waals surface area contributed by atoms with Gasteiger partial charge in [0.2, 0.25) is 0 Å². The summed E-state index contributed by atoms with van der Waals surface area (Å²) < 4.78 is 0. The summed E-state index contributed by atoms with van der Waals surface area (Å²) in [6, 6.07) is 20.1. The molecule has 0 aliphatic rings. The number of hydrogen-bond acceptors (Lipinski definition) is 2. The topological polar surface area (TPSA) is 46.2 Å². The first-order valence-electron chi connectivity index (χ1n) is 6.69. The van der Waals surface area contributed by atoms with Crippen molar-refractivity contribution in [3.63, 3.8) is 0 Å². The molecule has 2 nitrogen and oxygen atoms in total. The average molecular weight is 259 g/mol. The summed E-state index contributed by atoms with van der Waals surface area (Å²) in [6.45, 7) is 4.13. The van der Waals surface area contributed by atoms with E-state index < -0.39 is 0 Å². The highest BCUT2D eigenvalue weighted by Crippen LogP contribution is 2.00. The predicted octanol–water partition coefficient (Wildman–Crippen LogP) is 3.91. The van der Waals surface area contributed by atoms with Crippen molar-refractivity contribution in [2.75, 3.05) is 12.3 Å². The van der Waals surface area contributed by atoms with E-state index in [0.717, 1.165) is 5.69 Å². The standard InChI is InChI=1S/C9H12.C6H7N.C2H6O/c1-2-6-9-7-4-3-5-8-9;7-6-4-2-1-3-5-6;1-2-3/h3-5,7-8H,2,6H2,1H3;1-5H,7H2;3H,2H2,1H3. The second-order valence-corrected chi connectivity index (χ2v) is 3.96. The summed E-state index contributed by atoms with van der Waals surface area (Å²) in [6.07, 6.45) is 2.45. The van der Waals surface area contributed by atoms with Crippen LogP contribution in [0.4, 0.5) is 5.69 Å². The molecular weight excluding hydrogens is 234 g/mol. The van der Waals surface area contributed by atoms with Crippen LogP contribution in [0.1, 0.15) is 25.8 Å². The lowest BCUT2D eigenvalue weighted by Crippen LogP contribution is -1.79. The molecule has 2 heteroatoms. The van der Waals surface area contributed by atoms with E-state index in [2.05, 4.69) is 37.3 Å². The van der Waals surface area contributed by atoms with Gasteiger partial charge >= 0.3 is 0 Å². The maximum atomic E-state index is 7.57. The zero-order valence-corrected chi connectivity index (χ0v) is 11.9. The molecule has 0 aromatic heterocycles. The van der Waals surface area contributed by atoms with Gasteiger partial charge in [-0.25, -0.2) is 0 Å². The molecule has 0 fully saturated rings. The van der Waals surface area contributed by atoms with Gasteiger partial charge in [0.15, 0.2) is 0 Å². The summed E-state index contributed by atoms with van der Waals surface area (Å²) in [5, 5.41) is 7.57. The lowest BCUT2D eigenvalue weighted by molar-refractivity contribution is 0.318. The summed E-state index contributed by atoms with van der Waals surface area (Å²) in [5.74, 6) is 0. The van der Waals surface area contributed by atoms with Gasteiger partial charge in [-0.3, -0.25) is 0 Å².